The van der Waals surface area contributed by atoms with Gasteiger partial charge in [0.05, 0.1) is 30.1 Å². The summed E-state index contributed by atoms with van der Waals surface area (Å²) in [6.07, 6.45) is 6.66. The number of carbonyl (C=O) groups is 2. The van der Waals surface area contributed by atoms with E-state index < -0.39 is 5.91 Å². The van der Waals surface area contributed by atoms with Crippen LogP contribution in [-0.2, 0) is 0 Å². The smallest absolute Gasteiger partial charge is 0.275 e. The number of hydrogen-bond acceptors (Lipinski definition) is 7. The highest BCUT2D eigenvalue weighted by Crippen LogP contribution is 2.35. The van der Waals surface area contributed by atoms with E-state index in [0.717, 1.165) is 12.5 Å². The summed E-state index contributed by atoms with van der Waals surface area (Å²) in [6.45, 7) is 5.94. The van der Waals surface area contributed by atoms with Crippen LogP contribution in [0.2, 0.25) is 0 Å². The van der Waals surface area contributed by atoms with E-state index in [1.54, 1.807) is 23.1 Å². The number of para-hydroxylation sites is 1. The van der Waals surface area contributed by atoms with Gasteiger partial charge in [-0.2, -0.15) is 0 Å². The Labute approximate surface area is 200 Å². The van der Waals surface area contributed by atoms with Gasteiger partial charge in [-0.3, -0.25) is 14.6 Å². The van der Waals surface area contributed by atoms with Crippen LogP contribution in [0, 0.1) is 11.8 Å². The van der Waals surface area contributed by atoms with Crippen LogP contribution in [0.5, 0.6) is 5.75 Å². The highest BCUT2D eigenvalue weighted by molar-refractivity contribution is 6.06. The molecule has 1 aromatic heterocycles. The molecule has 1 saturated carbocycles. The van der Waals surface area contributed by atoms with Crippen LogP contribution in [0.25, 0.3) is 0 Å². The molecule has 34 heavy (non-hydrogen) atoms. The third-order valence-electron chi connectivity index (χ3n) is 6.49. The second-order valence-corrected chi connectivity index (χ2v) is 9.51. The average Bonchev–Trinajstić information content (AvgIpc) is 3.65. The number of nitrogens with zero attached hydrogens (tertiary/aromatic N) is 4. The van der Waals surface area contributed by atoms with Crippen LogP contribution in [0.4, 0.5) is 5.69 Å². The summed E-state index contributed by atoms with van der Waals surface area (Å²) < 4.78 is 6.52. The zero-order valence-electron chi connectivity index (χ0n) is 20.0. The molecule has 1 aliphatic heterocycles. The lowest BCUT2D eigenvalue weighted by Gasteiger charge is -2.38. The first kappa shape index (κ1) is 24.1. The van der Waals surface area contributed by atoms with E-state index in [9.17, 15) is 14.7 Å². The number of aliphatic hydroxyl groups is 1. The van der Waals surface area contributed by atoms with Crippen LogP contribution in [-0.4, -0.2) is 82.1 Å². The molecule has 4 rings (SSSR count). The summed E-state index contributed by atoms with van der Waals surface area (Å²) in [5.74, 6) is 0.433. The molecule has 1 aromatic carbocycles. The number of likely N-dealkylation sites (N-methyl/N-ethyl adjacent to an activating group) is 1. The Hall–Kier alpha value is -3.04. The van der Waals surface area contributed by atoms with E-state index in [4.69, 9.17) is 4.74 Å². The Morgan fingerprint density at radius 3 is 2.79 bits per heavy atom. The number of hydrogen-bond donors (Lipinski definition) is 2. The lowest BCUT2D eigenvalue weighted by molar-refractivity contribution is 0.0345. The van der Waals surface area contributed by atoms with Crippen molar-refractivity contribution in [2.45, 2.75) is 38.8 Å². The highest BCUT2D eigenvalue weighted by Gasteiger charge is 2.35. The number of amides is 2. The third kappa shape index (κ3) is 5.53. The number of aromatic nitrogens is 2. The van der Waals surface area contributed by atoms with Crippen LogP contribution in [0.1, 0.15) is 47.5 Å². The molecule has 0 spiro atoms. The molecular formula is C25H33N5O4. The molecule has 2 aromatic rings. The molecule has 1 aliphatic carbocycles. The Morgan fingerprint density at radius 1 is 1.32 bits per heavy atom. The van der Waals surface area contributed by atoms with Crippen molar-refractivity contribution in [2.75, 3.05) is 38.6 Å². The van der Waals surface area contributed by atoms with Gasteiger partial charge in [0.25, 0.3) is 11.8 Å². The molecule has 9 nitrogen and oxygen atoms in total. The van der Waals surface area contributed by atoms with Crippen LogP contribution >= 0.6 is 0 Å². The van der Waals surface area contributed by atoms with Crippen LogP contribution < -0.4 is 10.1 Å². The first-order valence-electron chi connectivity index (χ1n) is 11.8. The van der Waals surface area contributed by atoms with E-state index in [1.165, 1.54) is 31.4 Å². The SMILES string of the molecule is C[C@@H]1CN([C@H](C)CO)C(=O)c2cccc(NC(=O)c3cnccn3)c2O[C@H]1CN(C)CC1CC1. The van der Waals surface area contributed by atoms with Gasteiger partial charge in [0, 0.05) is 37.9 Å². The number of anilines is 1. The summed E-state index contributed by atoms with van der Waals surface area (Å²) in [4.78, 5) is 38.3. The number of fused-ring (bicyclic) bond motifs is 1. The van der Waals surface area contributed by atoms with Gasteiger partial charge in [0.15, 0.2) is 5.75 Å². The highest BCUT2D eigenvalue weighted by atomic mass is 16.5. The maximum atomic E-state index is 13.5. The Bertz CT molecular complexity index is 1010. The molecular weight excluding hydrogens is 434 g/mol. The number of ether oxygens (including phenoxy) is 1. The van der Waals surface area contributed by atoms with Gasteiger partial charge in [0.1, 0.15) is 11.8 Å². The van der Waals surface area contributed by atoms with Gasteiger partial charge in [-0.05, 0) is 44.9 Å². The van der Waals surface area contributed by atoms with Gasteiger partial charge in [-0.15, -0.1) is 0 Å². The largest absolute Gasteiger partial charge is 0.486 e. The summed E-state index contributed by atoms with van der Waals surface area (Å²) in [7, 11) is 2.09. The van der Waals surface area contributed by atoms with Crippen molar-refractivity contribution < 1.29 is 19.4 Å². The minimum atomic E-state index is -0.435. The molecule has 1 fully saturated rings. The fourth-order valence-electron chi connectivity index (χ4n) is 4.29. The van der Waals surface area contributed by atoms with Crippen molar-refractivity contribution in [3.8, 4) is 5.75 Å². The number of carbonyl (C=O) groups excluding carboxylic acids is 2. The number of aliphatic hydroxyl groups excluding tert-OH is 1. The molecule has 0 radical (unpaired) electrons. The van der Waals surface area contributed by atoms with Gasteiger partial charge in [-0.1, -0.05) is 13.0 Å². The lowest BCUT2D eigenvalue weighted by Crippen LogP contribution is -2.50. The van der Waals surface area contributed by atoms with E-state index in [1.807, 2.05) is 6.92 Å². The second kappa shape index (κ2) is 10.5. The first-order chi connectivity index (χ1) is 16.4. The number of benzene rings is 1. The predicted octanol–water partition coefficient (Wildman–Crippen LogP) is 2.29. The lowest BCUT2D eigenvalue weighted by atomic mass is 9.99. The van der Waals surface area contributed by atoms with Crippen molar-refractivity contribution in [1.82, 2.24) is 19.8 Å². The fraction of sp³-hybridized carbons (Fsp3) is 0.520. The maximum absolute atomic E-state index is 13.5. The van der Waals surface area contributed by atoms with Crippen molar-refractivity contribution in [3.63, 3.8) is 0 Å². The summed E-state index contributed by atoms with van der Waals surface area (Å²) in [5, 5.41) is 12.7. The zero-order chi connectivity index (χ0) is 24.2. The molecule has 2 N–H and O–H groups in total. The minimum absolute atomic E-state index is 0.0106. The number of nitrogens with one attached hydrogen (secondary N) is 1. The van der Waals surface area contributed by atoms with Crippen LogP contribution in [0.15, 0.2) is 36.8 Å². The predicted molar refractivity (Wildman–Crippen MR) is 128 cm³/mol. The molecule has 9 heteroatoms. The quantitative estimate of drug-likeness (QED) is 0.613. The van der Waals surface area contributed by atoms with E-state index in [0.29, 0.717) is 30.1 Å². The zero-order valence-corrected chi connectivity index (χ0v) is 20.0. The van der Waals surface area contributed by atoms with Gasteiger partial charge in [-0.25, -0.2) is 4.98 Å². The average molecular weight is 468 g/mol. The van der Waals surface area contributed by atoms with Crippen molar-refractivity contribution in [3.05, 3.63) is 48.0 Å². The van der Waals surface area contributed by atoms with E-state index >= 15 is 0 Å². The van der Waals surface area contributed by atoms with Gasteiger partial charge >= 0.3 is 0 Å². The van der Waals surface area contributed by atoms with E-state index in [-0.39, 0.29) is 36.3 Å². The summed E-state index contributed by atoms with van der Waals surface area (Å²) >= 11 is 0. The fourth-order valence-corrected chi connectivity index (χ4v) is 4.29. The standard InChI is InChI=1S/C25H33N5O4/c1-16-12-30(17(2)15-31)25(33)19-5-4-6-20(28-24(32)21-11-26-9-10-27-21)23(19)34-22(16)14-29(3)13-18-7-8-18/h4-6,9-11,16-18,22,31H,7-8,12-15H2,1-3H3,(H,28,32)/t16-,17-,22+/m1/s1. The second-order valence-electron chi connectivity index (χ2n) is 9.51. The molecule has 0 unspecified atom stereocenters. The molecule has 3 atom stereocenters. The molecule has 2 heterocycles. The van der Waals surface area contributed by atoms with Gasteiger partial charge < -0.3 is 25.0 Å². The van der Waals surface area contributed by atoms with Crippen molar-refractivity contribution in [2.24, 2.45) is 11.8 Å². The topological polar surface area (TPSA) is 108 Å². The number of rotatable bonds is 8. The monoisotopic (exact) mass is 467 g/mol. The summed E-state index contributed by atoms with van der Waals surface area (Å²) in [6, 6.07) is 4.79. The van der Waals surface area contributed by atoms with Gasteiger partial charge in [0.2, 0.25) is 0 Å². The molecule has 2 aliphatic rings. The normalized spacial score (nSPS) is 21.3. The minimum Gasteiger partial charge on any atom is -0.486 e. The Kier molecular flexibility index (Phi) is 7.43. The van der Waals surface area contributed by atoms with E-state index in [2.05, 4.69) is 34.2 Å². The summed E-state index contributed by atoms with van der Waals surface area (Å²) in [5.41, 5.74) is 0.933. The molecule has 0 saturated heterocycles. The van der Waals surface area contributed by atoms with Crippen LogP contribution in [0.3, 0.4) is 0 Å². The Balaban J connectivity index is 1.68. The molecule has 0 bridgehead atoms. The molecule has 2 amide bonds. The third-order valence-corrected chi connectivity index (χ3v) is 6.49. The maximum Gasteiger partial charge on any atom is 0.275 e. The van der Waals surface area contributed by atoms with Crippen molar-refractivity contribution >= 4 is 17.5 Å². The molecule has 182 valence electrons. The first-order valence-corrected chi connectivity index (χ1v) is 11.8. The van der Waals surface area contributed by atoms with Crippen molar-refractivity contribution in [1.29, 1.82) is 0 Å². The Morgan fingerprint density at radius 2 is 2.12 bits per heavy atom.